The minimum Gasteiger partial charge on any atom is -0.465 e. The quantitative estimate of drug-likeness (QED) is 0.216. The monoisotopic (exact) mass is 570 g/mol. The Kier molecular flexibility index (Phi) is 8.12. The molecule has 5 aliphatic rings. The highest BCUT2D eigenvalue weighted by Gasteiger charge is 2.66. The van der Waals surface area contributed by atoms with Gasteiger partial charge < -0.3 is 14.2 Å². The predicted octanol–water partition coefficient (Wildman–Crippen LogP) is 5.47. The third-order valence-electron chi connectivity index (χ3n) is 7.95. The summed E-state index contributed by atoms with van der Waals surface area (Å²) in [5.74, 6) is -1.48. The summed E-state index contributed by atoms with van der Waals surface area (Å²) in [6, 6.07) is 0. The second kappa shape index (κ2) is 10.4. The number of esters is 3. The molecule has 1 saturated heterocycles. The summed E-state index contributed by atoms with van der Waals surface area (Å²) < 4.78 is 68.0. The van der Waals surface area contributed by atoms with E-state index in [0.717, 1.165) is 19.3 Å². The Balaban J connectivity index is 1.48. The Bertz CT molecular complexity index is 889. The molecule has 210 valence electrons. The van der Waals surface area contributed by atoms with Crippen molar-refractivity contribution in [1.29, 1.82) is 0 Å². The molecule has 1 aliphatic heterocycles. The third-order valence-corrected chi connectivity index (χ3v) is 12.2. The van der Waals surface area contributed by atoms with Crippen LogP contribution in [0.25, 0.3) is 0 Å². The van der Waals surface area contributed by atoms with Crippen LogP contribution in [0.5, 0.6) is 0 Å². The average molecular weight is 571 g/mol. The van der Waals surface area contributed by atoms with Gasteiger partial charge in [0.15, 0.2) is 0 Å². The fourth-order valence-corrected chi connectivity index (χ4v) is 10.8. The van der Waals surface area contributed by atoms with Gasteiger partial charge in [-0.2, -0.15) is 13.2 Å². The van der Waals surface area contributed by atoms with Gasteiger partial charge in [0.25, 0.3) is 0 Å². The van der Waals surface area contributed by atoms with Gasteiger partial charge in [-0.1, -0.05) is 6.92 Å². The standard InChI is InChI=1S/C25H34F4O6S2/c1-4-19(30)34-12-18-15(11-33-20(31)10-24(27,28)29)13-36-25(37-18)16-5-14-6-17(25)9-23(7-14,8-16)35-21(32)22(2,3)26/h14-18H,4-13H2,1-3H3. The molecule has 4 saturated carbocycles. The van der Waals surface area contributed by atoms with Gasteiger partial charge >= 0.3 is 24.1 Å². The minimum atomic E-state index is -4.63. The van der Waals surface area contributed by atoms with Gasteiger partial charge in [0.2, 0.25) is 5.67 Å². The Labute approximate surface area is 222 Å². The number of halogens is 4. The molecule has 4 atom stereocenters. The van der Waals surface area contributed by atoms with Gasteiger partial charge in [0.1, 0.15) is 18.6 Å². The normalized spacial score (nSPS) is 36.9. The van der Waals surface area contributed by atoms with Crippen LogP contribution in [0.2, 0.25) is 0 Å². The molecular weight excluding hydrogens is 536 g/mol. The first kappa shape index (κ1) is 28.8. The van der Waals surface area contributed by atoms with Crippen LogP contribution in [-0.2, 0) is 28.6 Å². The molecule has 4 bridgehead atoms. The zero-order chi connectivity index (χ0) is 27.2. The molecule has 1 heterocycles. The number of carbonyl (C=O) groups excluding carboxylic acids is 3. The van der Waals surface area contributed by atoms with E-state index in [-0.39, 0.29) is 52.7 Å². The number of alkyl halides is 4. The highest BCUT2D eigenvalue weighted by Crippen LogP contribution is 2.71. The largest absolute Gasteiger partial charge is 0.465 e. The highest BCUT2D eigenvalue weighted by molar-refractivity contribution is 8.19. The Morgan fingerprint density at radius 2 is 1.57 bits per heavy atom. The molecule has 37 heavy (non-hydrogen) atoms. The smallest absolute Gasteiger partial charge is 0.399 e. The molecule has 12 heteroatoms. The molecule has 4 unspecified atom stereocenters. The predicted molar refractivity (Wildman–Crippen MR) is 131 cm³/mol. The van der Waals surface area contributed by atoms with Crippen molar-refractivity contribution in [2.24, 2.45) is 23.7 Å². The van der Waals surface area contributed by atoms with E-state index < -0.39 is 35.8 Å². The van der Waals surface area contributed by atoms with Crippen LogP contribution >= 0.6 is 23.5 Å². The SMILES string of the molecule is CCC(=O)OCC1SC2(SCC1COC(=O)CC(F)(F)F)C1CC3CC2CC(OC(=O)C(C)(C)F)(C3)C1. The van der Waals surface area contributed by atoms with E-state index >= 15 is 0 Å². The van der Waals surface area contributed by atoms with Crippen LogP contribution in [0, 0.1) is 23.7 Å². The summed E-state index contributed by atoms with van der Waals surface area (Å²) in [6.45, 7) is 3.99. The van der Waals surface area contributed by atoms with Crippen LogP contribution in [-0.4, -0.2) is 63.6 Å². The number of carbonyl (C=O) groups is 3. The maximum atomic E-state index is 14.3. The fraction of sp³-hybridized carbons (Fsp3) is 0.880. The molecule has 0 aromatic carbocycles. The molecule has 6 nitrogen and oxygen atoms in total. The van der Waals surface area contributed by atoms with Crippen LogP contribution in [0.3, 0.4) is 0 Å². The Morgan fingerprint density at radius 1 is 0.946 bits per heavy atom. The van der Waals surface area contributed by atoms with E-state index in [1.54, 1.807) is 30.4 Å². The second-order valence-electron chi connectivity index (χ2n) is 11.3. The van der Waals surface area contributed by atoms with E-state index in [4.69, 9.17) is 14.2 Å². The van der Waals surface area contributed by atoms with E-state index in [9.17, 15) is 31.9 Å². The number of thioether (sulfide) groups is 2. The van der Waals surface area contributed by atoms with Crippen molar-refractivity contribution < 1.29 is 46.2 Å². The third kappa shape index (κ3) is 6.36. The summed E-state index contributed by atoms with van der Waals surface area (Å²) in [5, 5.41) is -0.253. The molecule has 0 aromatic rings. The van der Waals surface area contributed by atoms with Crippen LogP contribution in [0.15, 0.2) is 0 Å². The second-order valence-corrected chi connectivity index (χ2v) is 14.4. The summed E-state index contributed by atoms with van der Waals surface area (Å²) in [4.78, 5) is 36.0. The lowest BCUT2D eigenvalue weighted by Crippen LogP contribution is -2.64. The molecule has 1 spiro atoms. The lowest BCUT2D eigenvalue weighted by Gasteiger charge is -2.65. The van der Waals surface area contributed by atoms with Gasteiger partial charge in [-0.05, 0) is 63.7 Å². The fourth-order valence-electron chi connectivity index (χ4n) is 6.45. The van der Waals surface area contributed by atoms with Gasteiger partial charge in [-0.3, -0.25) is 9.59 Å². The van der Waals surface area contributed by atoms with Crippen molar-refractivity contribution in [3.05, 3.63) is 0 Å². The lowest BCUT2D eigenvalue weighted by molar-refractivity contribution is -0.197. The van der Waals surface area contributed by atoms with E-state index in [1.807, 2.05) is 0 Å². The Hall–Kier alpha value is -1.17. The maximum Gasteiger partial charge on any atom is 0.399 e. The molecule has 5 rings (SSSR count). The first-order chi connectivity index (χ1) is 17.1. The minimum absolute atomic E-state index is 0.0835. The molecule has 0 amide bonds. The van der Waals surface area contributed by atoms with Crippen LogP contribution in [0.4, 0.5) is 17.6 Å². The van der Waals surface area contributed by atoms with Crippen molar-refractivity contribution in [1.82, 2.24) is 0 Å². The first-order valence-corrected chi connectivity index (χ1v) is 14.6. The molecule has 4 aliphatic carbocycles. The number of ether oxygens (including phenoxy) is 3. The molecule has 0 radical (unpaired) electrons. The van der Waals surface area contributed by atoms with Crippen molar-refractivity contribution in [3.63, 3.8) is 0 Å². The first-order valence-electron chi connectivity index (χ1n) is 12.8. The van der Waals surface area contributed by atoms with Gasteiger partial charge in [0, 0.05) is 23.3 Å². The van der Waals surface area contributed by atoms with E-state index in [1.165, 1.54) is 13.8 Å². The van der Waals surface area contributed by atoms with E-state index in [0.29, 0.717) is 24.5 Å². The van der Waals surface area contributed by atoms with E-state index in [2.05, 4.69) is 0 Å². The topological polar surface area (TPSA) is 78.9 Å². The van der Waals surface area contributed by atoms with Crippen LogP contribution < -0.4 is 0 Å². The summed E-state index contributed by atoms with van der Waals surface area (Å²) in [6.07, 6.45) is -2.14. The molecule has 0 aromatic heterocycles. The molecule has 5 fully saturated rings. The lowest BCUT2D eigenvalue weighted by atomic mass is 9.53. The van der Waals surface area contributed by atoms with Gasteiger partial charge in [-0.15, -0.1) is 23.5 Å². The van der Waals surface area contributed by atoms with Crippen LogP contribution in [0.1, 0.15) is 65.7 Å². The number of hydrogen-bond donors (Lipinski definition) is 0. The summed E-state index contributed by atoms with van der Waals surface area (Å²) in [5.41, 5.74) is -2.74. The van der Waals surface area contributed by atoms with Crippen molar-refractivity contribution in [2.75, 3.05) is 19.0 Å². The highest BCUT2D eigenvalue weighted by atomic mass is 32.2. The van der Waals surface area contributed by atoms with Crippen molar-refractivity contribution in [3.8, 4) is 0 Å². The molecular formula is C25H34F4O6S2. The maximum absolute atomic E-state index is 14.3. The number of rotatable bonds is 8. The summed E-state index contributed by atoms with van der Waals surface area (Å²) in [7, 11) is 0. The molecule has 0 N–H and O–H groups in total. The van der Waals surface area contributed by atoms with Gasteiger partial charge in [-0.25, -0.2) is 9.18 Å². The van der Waals surface area contributed by atoms with Crippen molar-refractivity contribution >= 4 is 41.4 Å². The zero-order valence-electron chi connectivity index (χ0n) is 21.2. The van der Waals surface area contributed by atoms with Gasteiger partial charge in [0.05, 0.1) is 10.7 Å². The Morgan fingerprint density at radius 3 is 2.14 bits per heavy atom. The number of hydrogen-bond acceptors (Lipinski definition) is 8. The summed E-state index contributed by atoms with van der Waals surface area (Å²) >= 11 is 3.41. The average Bonchev–Trinajstić information content (AvgIpc) is 2.77. The van der Waals surface area contributed by atoms with Crippen molar-refractivity contribution in [2.45, 2.75) is 92.5 Å². The zero-order valence-corrected chi connectivity index (χ0v) is 22.9.